The van der Waals surface area contributed by atoms with Crippen molar-refractivity contribution in [2.24, 2.45) is 5.73 Å². The van der Waals surface area contributed by atoms with Crippen molar-refractivity contribution in [1.29, 1.82) is 0 Å². The SMILES string of the molecule is CC(C)c1noc2ccc(CN)cc12. The number of benzene rings is 1. The van der Waals surface area contributed by atoms with Gasteiger partial charge in [-0.15, -0.1) is 0 Å². The number of hydrogen-bond acceptors (Lipinski definition) is 3. The lowest BCUT2D eigenvalue weighted by Gasteiger charge is -1.99. The van der Waals surface area contributed by atoms with Gasteiger partial charge in [0.1, 0.15) is 0 Å². The van der Waals surface area contributed by atoms with Crippen molar-refractivity contribution < 1.29 is 4.52 Å². The molecule has 0 unspecified atom stereocenters. The molecule has 3 nitrogen and oxygen atoms in total. The maximum Gasteiger partial charge on any atom is 0.167 e. The van der Waals surface area contributed by atoms with Gasteiger partial charge in [0.15, 0.2) is 5.58 Å². The average Bonchev–Trinajstić information content (AvgIpc) is 2.59. The standard InChI is InChI=1S/C11H14N2O/c1-7(2)11-9-5-8(6-12)3-4-10(9)14-13-11/h3-5,7H,6,12H2,1-2H3. The minimum atomic E-state index is 0.379. The molecule has 2 aromatic rings. The summed E-state index contributed by atoms with van der Waals surface area (Å²) in [6.45, 7) is 4.76. The molecule has 0 aliphatic heterocycles. The fourth-order valence-corrected chi connectivity index (χ4v) is 1.55. The number of hydrogen-bond donors (Lipinski definition) is 1. The molecule has 1 aromatic carbocycles. The summed E-state index contributed by atoms with van der Waals surface area (Å²) in [5, 5.41) is 5.14. The highest BCUT2D eigenvalue weighted by Gasteiger charge is 2.11. The van der Waals surface area contributed by atoms with Crippen molar-refractivity contribution in [2.45, 2.75) is 26.3 Å². The number of aromatic nitrogens is 1. The highest BCUT2D eigenvalue weighted by Crippen LogP contribution is 2.25. The smallest absolute Gasteiger partial charge is 0.167 e. The Labute approximate surface area is 82.9 Å². The van der Waals surface area contributed by atoms with Gasteiger partial charge in [-0.25, -0.2) is 0 Å². The van der Waals surface area contributed by atoms with Crippen molar-refractivity contribution in [2.75, 3.05) is 0 Å². The molecule has 0 saturated carbocycles. The molecule has 0 radical (unpaired) electrons. The van der Waals surface area contributed by atoms with E-state index in [0.717, 1.165) is 22.2 Å². The molecule has 1 aromatic heterocycles. The summed E-state index contributed by atoms with van der Waals surface area (Å²) in [4.78, 5) is 0. The van der Waals surface area contributed by atoms with E-state index < -0.39 is 0 Å². The van der Waals surface area contributed by atoms with E-state index in [-0.39, 0.29) is 0 Å². The largest absolute Gasteiger partial charge is 0.356 e. The molecule has 3 heteroatoms. The van der Waals surface area contributed by atoms with Crippen LogP contribution in [0.3, 0.4) is 0 Å². The summed E-state index contributed by atoms with van der Waals surface area (Å²) in [5.41, 5.74) is 8.55. The Morgan fingerprint density at radius 3 is 2.86 bits per heavy atom. The summed E-state index contributed by atoms with van der Waals surface area (Å²) in [6.07, 6.45) is 0. The molecule has 0 fully saturated rings. The number of nitrogens with two attached hydrogens (primary N) is 1. The molecule has 2 rings (SSSR count). The van der Waals surface area contributed by atoms with Crippen LogP contribution in [0.1, 0.15) is 31.0 Å². The Hall–Kier alpha value is -1.35. The van der Waals surface area contributed by atoms with Gasteiger partial charge in [0.25, 0.3) is 0 Å². The first-order chi connectivity index (χ1) is 6.72. The van der Waals surface area contributed by atoms with E-state index in [1.807, 2.05) is 12.1 Å². The second-order valence-electron chi connectivity index (χ2n) is 3.76. The average molecular weight is 190 g/mol. The Balaban J connectivity index is 2.63. The minimum Gasteiger partial charge on any atom is -0.356 e. The highest BCUT2D eigenvalue weighted by molar-refractivity contribution is 5.80. The van der Waals surface area contributed by atoms with Gasteiger partial charge in [0.05, 0.1) is 5.69 Å². The van der Waals surface area contributed by atoms with E-state index in [9.17, 15) is 0 Å². The molecule has 0 aliphatic carbocycles. The zero-order valence-electron chi connectivity index (χ0n) is 8.45. The topological polar surface area (TPSA) is 52.0 Å². The lowest BCUT2D eigenvalue weighted by atomic mass is 10.0. The Kier molecular flexibility index (Phi) is 2.25. The maximum absolute atomic E-state index is 5.58. The van der Waals surface area contributed by atoms with Crippen LogP contribution in [-0.4, -0.2) is 5.16 Å². The van der Waals surface area contributed by atoms with Crippen LogP contribution in [0, 0.1) is 0 Å². The normalized spacial score (nSPS) is 11.4. The third kappa shape index (κ3) is 1.40. The van der Waals surface area contributed by atoms with E-state index in [2.05, 4.69) is 25.1 Å². The van der Waals surface area contributed by atoms with Crippen molar-refractivity contribution >= 4 is 11.0 Å². The van der Waals surface area contributed by atoms with Crippen molar-refractivity contribution in [3.05, 3.63) is 29.5 Å². The molecule has 1 heterocycles. The lowest BCUT2D eigenvalue weighted by Crippen LogP contribution is -1.95. The number of fused-ring (bicyclic) bond motifs is 1. The molecule has 0 aliphatic rings. The van der Waals surface area contributed by atoms with E-state index in [0.29, 0.717) is 12.5 Å². The van der Waals surface area contributed by atoms with Gasteiger partial charge in [-0.3, -0.25) is 0 Å². The van der Waals surface area contributed by atoms with E-state index in [4.69, 9.17) is 10.3 Å². The first kappa shape index (κ1) is 9.21. The van der Waals surface area contributed by atoms with Crippen molar-refractivity contribution in [3.63, 3.8) is 0 Å². The molecular weight excluding hydrogens is 176 g/mol. The number of nitrogens with zero attached hydrogens (tertiary/aromatic N) is 1. The Morgan fingerprint density at radius 1 is 1.43 bits per heavy atom. The third-order valence-corrected chi connectivity index (χ3v) is 2.34. The molecule has 0 bridgehead atoms. The van der Waals surface area contributed by atoms with Gasteiger partial charge in [-0.05, 0) is 23.6 Å². The fraction of sp³-hybridized carbons (Fsp3) is 0.364. The summed E-state index contributed by atoms with van der Waals surface area (Å²) in [6, 6.07) is 5.95. The first-order valence-corrected chi connectivity index (χ1v) is 4.80. The fourth-order valence-electron chi connectivity index (χ4n) is 1.55. The van der Waals surface area contributed by atoms with Gasteiger partial charge in [0.2, 0.25) is 0 Å². The Bertz CT molecular complexity index is 445. The maximum atomic E-state index is 5.58. The van der Waals surface area contributed by atoms with E-state index in [1.165, 1.54) is 0 Å². The molecule has 0 spiro atoms. The van der Waals surface area contributed by atoms with Crippen molar-refractivity contribution in [1.82, 2.24) is 5.16 Å². The lowest BCUT2D eigenvalue weighted by molar-refractivity contribution is 0.441. The predicted octanol–water partition coefficient (Wildman–Crippen LogP) is 2.41. The van der Waals surface area contributed by atoms with Gasteiger partial charge in [-0.1, -0.05) is 25.1 Å². The predicted molar refractivity (Wildman–Crippen MR) is 56.0 cm³/mol. The molecule has 0 saturated heterocycles. The van der Waals surface area contributed by atoms with Crippen LogP contribution in [-0.2, 0) is 6.54 Å². The highest BCUT2D eigenvalue weighted by atomic mass is 16.5. The van der Waals surface area contributed by atoms with Crippen LogP contribution in [0.25, 0.3) is 11.0 Å². The van der Waals surface area contributed by atoms with Gasteiger partial charge in [-0.2, -0.15) is 0 Å². The van der Waals surface area contributed by atoms with Crippen molar-refractivity contribution in [3.8, 4) is 0 Å². The molecular formula is C11H14N2O. The van der Waals surface area contributed by atoms with E-state index in [1.54, 1.807) is 0 Å². The van der Waals surface area contributed by atoms with Gasteiger partial charge in [0, 0.05) is 11.9 Å². The quantitative estimate of drug-likeness (QED) is 0.791. The second-order valence-corrected chi connectivity index (χ2v) is 3.76. The third-order valence-electron chi connectivity index (χ3n) is 2.34. The Morgan fingerprint density at radius 2 is 2.21 bits per heavy atom. The van der Waals surface area contributed by atoms with Crippen LogP contribution >= 0.6 is 0 Å². The molecule has 74 valence electrons. The summed E-state index contributed by atoms with van der Waals surface area (Å²) in [5.74, 6) is 0.379. The zero-order valence-corrected chi connectivity index (χ0v) is 8.45. The summed E-state index contributed by atoms with van der Waals surface area (Å²) in [7, 11) is 0. The molecule has 0 atom stereocenters. The molecule has 0 amide bonds. The number of rotatable bonds is 2. The zero-order chi connectivity index (χ0) is 10.1. The minimum absolute atomic E-state index is 0.379. The van der Waals surface area contributed by atoms with Crippen LogP contribution in [0.15, 0.2) is 22.7 Å². The molecule has 2 N–H and O–H groups in total. The summed E-state index contributed by atoms with van der Waals surface area (Å²) < 4.78 is 5.22. The van der Waals surface area contributed by atoms with Crippen LogP contribution in [0.5, 0.6) is 0 Å². The van der Waals surface area contributed by atoms with E-state index >= 15 is 0 Å². The van der Waals surface area contributed by atoms with Gasteiger partial charge < -0.3 is 10.3 Å². The monoisotopic (exact) mass is 190 g/mol. The first-order valence-electron chi connectivity index (χ1n) is 4.80. The van der Waals surface area contributed by atoms with Gasteiger partial charge >= 0.3 is 0 Å². The van der Waals surface area contributed by atoms with Crippen LogP contribution < -0.4 is 5.73 Å². The van der Waals surface area contributed by atoms with Crippen LogP contribution in [0.4, 0.5) is 0 Å². The van der Waals surface area contributed by atoms with Crippen LogP contribution in [0.2, 0.25) is 0 Å². The summed E-state index contributed by atoms with van der Waals surface area (Å²) >= 11 is 0. The molecule has 14 heavy (non-hydrogen) atoms. The second kappa shape index (κ2) is 3.42.